The standard InChI is InChI=1S/C12H23N3O2/c1-4-16-10-8-9(14-11(13)15(2)3)12(10)6-5-7-17-12/h9-10H,4-8H2,1-3H3,(H2,13,14)/t9-,10+,12+/m0/s1. The lowest BCUT2D eigenvalue weighted by atomic mass is 9.70. The molecule has 1 saturated carbocycles. The van der Waals surface area contributed by atoms with Crippen LogP contribution in [0.1, 0.15) is 26.2 Å². The van der Waals surface area contributed by atoms with E-state index in [-0.39, 0.29) is 17.7 Å². The molecule has 3 atom stereocenters. The summed E-state index contributed by atoms with van der Waals surface area (Å²) in [4.78, 5) is 6.39. The van der Waals surface area contributed by atoms with E-state index in [1.54, 1.807) is 0 Å². The molecule has 0 unspecified atom stereocenters. The molecule has 0 amide bonds. The van der Waals surface area contributed by atoms with Crippen LogP contribution in [0.2, 0.25) is 0 Å². The van der Waals surface area contributed by atoms with Gasteiger partial charge in [-0.15, -0.1) is 0 Å². The zero-order valence-electron chi connectivity index (χ0n) is 11.0. The van der Waals surface area contributed by atoms with E-state index in [1.807, 2.05) is 25.9 Å². The molecular weight excluding hydrogens is 218 g/mol. The Bertz CT molecular complexity index is 298. The summed E-state index contributed by atoms with van der Waals surface area (Å²) in [5.41, 5.74) is 5.68. The summed E-state index contributed by atoms with van der Waals surface area (Å²) in [6.07, 6.45) is 3.24. The summed E-state index contributed by atoms with van der Waals surface area (Å²) in [5.74, 6) is 0.569. The van der Waals surface area contributed by atoms with Gasteiger partial charge in [-0.2, -0.15) is 0 Å². The van der Waals surface area contributed by atoms with Crippen molar-refractivity contribution in [3.63, 3.8) is 0 Å². The minimum atomic E-state index is -0.198. The molecule has 5 nitrogen and oxygen atoms in total. The zero-order valence-corrected chi connectivity index (χ0v) is 11.0. The van der Waals surface area contributed by atoms with Crippen LogP contribution in [0, 0.1) is 0 Å². The van der Waals surface area contributed by atoms with Crippen LogP contribution in [-0.4, -0.2) is 55.9 Å². The Kier molecular flexibility index (Phi) is 3.58. The average molecular weight is 241 g/mol. The van der Waals surface area contributed by atoms with Crippen LogP contribution in [0.15, 0.2) is 4.99 Å². The normalized spacial score (nSPS) is 37.2. The molecule has 0 aromatic rings. The minimum Gasteiger partial charge on any atom is -0.375 e. The largest absolute Gasteiger partial charge is 0.375 e. The third-order valence-corrected chi connectivity index (χ3v) is 3.74. The molecule has 2 aliphatic rings. The predicted molar refractivity (Wildman–Crippen MR) is 67.0 cm³/mol. The molecule has 1 aliphatic heterocycles. The second-order valence-corrected chi connectivity index (χ2v) is 4.98. The molecule has 98 valence electrons. The van der Waals surface area contributed by atoms with E-state index in [9.17, 15) is 0 Å². The second kappa shape index (κ2) is 4.82. The molecule has 1 saturated heterocycles. The molecule has 0 aromatic heterocycles. The van der Waals surface area contributed by atoms with Crippen molar-refractivity contribution in [2.75, 3.05) is 27.3 Å². The number of nitrogens with two attached hydrogens (primary N) is 1. The third-order valence-electron chi connectivity index (χ3n) is 3.74. The van der Waals surface area contributed by atoms with Crippen LogP contribution in [0.25, 0.3) is 0 Å². The van der Waals surface area contributed by atoms with Gasteiger partial charge in [0.05, 0.1) is 12.1 Å². The monoisotopic (exact) mass is 241 g/mol. The highest BCUT2D eigenvalue weighted by Gasteiger charge is 2.59. The van der Waals surface area contributed by atoms with E-state index in [4.69, 9.17) is 15.2 Å². The van der Waals surface area contributed by atoms with Gasteiger partial charge in [0.15, 0.2) is 5.96 Å². The molecule has 0 bridgehead atoms. The number of guanidine groups is 1. The lowest BCUT2D eigenvalue weighted by Crippen LogP contribution is -2.63. The molecule has 0 aromatic carbocycles. The average Bonchev–Trinajstić information content (AvgIpc) is 2.79. The van der Waals surface area contributed by atoms with Gasteiger partial charge in [0.2, 0.25) is 0 Å². The van der Waals surface area contributed by atoms with Crippen molar-refractivity contribution in [2.45, 2.75) is 43.9 Å². The summed E-state index contributed by atoms with van der Waals surface area (Å²) in [7, 11) is 3.80. The van der Waals surface area contributed by atoms with Gasteiger partial charge in [-0.05, 0) is 19.8 Å². The molecule has 1 spiro atoms. The Morgan fingerprint density at radius 1 is 1.59 bits per heavy atom. The van der Waals surface area contributed by atoms with Crippen molar-refractivity contribution in [1.29, 1.82) is 0 Å². The first-order valence-corrected chi connectivity index (χ1v) is 6.36. The van der Waals surface area contributed by atoms with E-state index in [1.165, 1.54) is 0 Å². The quantitative estimate of drug-likeness (QED) is 0.580. The van der Waals surface area contributed by atoms with E-state index >= 15 is 0 Å². The van der Waals surface area contributed by atoms with E-state index in [0.717, 1.165) is 32.5 Å². The molecule has 1 aliphatic carbocycles. The first kappa shape index (κ1) is 12.6. The van der Waals surface area contributed by atoms with Crippen molar-refractivity contribution in [3.8, 4) is 0 Å². The summed E-state index contributed by atoms with van der Waals surface area (Å²) >= 11 is 0. The fourth-order valence-electron chi connectivity index (χ4n) is 2.70. The Morgan fingerprint density at radius 3 is 2.88 bits per heavy atom. The van der Waals surface area contributed by atoms with Gasteiger partial charge in [0, 0.05) is 33.7 Å². The highest BCUT2D eigenvalue weighted by molar-refractivity contribution is 5.77. The van der Waals surface area contributed by atoms with E-state index < -0.39 is 0 Å². The van der Waals surface area contributed by atoms with Crippen LogP contribution in [-0.2, 0) is 9.47 Å². The number of nitrogens with zero attached hydrogens (tertiary/aromatic N) is 2. The van der Waals surface area contributed by atoms with Gasteiger partial charge in [-0.25, -0.2) is 4.99 Å². The Balaban J connectivity index is 2.08. The van der Waals surface area contributed by atoms with Crippen LogP contribution in [0.4, 0.5) is 0 Å². The molecule has 2 rings (SSSR count). The Labute approximate surface area is 103 Å². The van der Waals surface area contributed by atoms with Gasteiger partial charge in [-0.1, -0.05) is 0 Å². The van der Waals surface area contributed by atoms with Gasteiger partial charge in [-0.3, -0.25) is 0 Å². The van der Waals surface area contributed by atoms with Crippen molar-refractivity contribution >= 4 is 5.96 Å². The number of aliphatic imine (C=N–C) groups is 1. The van der Waals surface area contributed by atoms with Gasteiger partial charge < -0.3 is 20.1 Å². The highest BCUT2D eigenvalue weighted by atomic mass is 16.6. The maximum absolute atomic E-state index is 5.93. The lowest BCUT2D eigenvalue weighted by molar-refractivity contribution is -0.189. The van der Waals surface area contributed by atoms with E-state index in [2.05, 4.69) is 4.99 Å². The summed E-state index contributed by atoms with van der Waals surface area (Å²) in [6, 6.07) is 0.156. The summed E-state index contributed by atoms with van der Waals surface area (Å²) < 4.78 is 11.7. The molecular formula is C12H23N3O2. The lowest BCUT2D eigenvalue weighted by Gasteiger charge is -2.50. The Hall–Kier alpha value is -0.810. The molecule has 5 heteroatoms. The third kappa shape index (κ3) is 2.13. The van der Waals surface area contributed by atoms with Crippen molar-refractivity contribution in [2.24, 2.45) is 10.7 Å². The van der Waals surface area contributed by atoms with Crippen molar-refractivity contribution in [3.05, 3.63) is 0 Å². The Morgan fingerprint density at radius 2 is 2.35 bits per heavy atom. The van der Waals surface area contributed by atoms with Crippen LogP contribution < -0.4 is 5.73 Å². The number of rotatable bonds is 3. The topological polar surface area (TPSA) is 60.1 Å². The van der Waals surface area contributed by atoms with Gasteiger partial charge >= 0.3 is 0 Å². The van der Waals surface area contributed by atoms with Crippen LogP contribution in [0.5, 0.6) is 0 Å². The van der Waals surface area contributed by atoms with Crippen LogP contribution >= 0.6 is 0 Å². The SMILES string of the molecule is CCO[C@@H]1C[C@H](N=C(N)N(C)C)[C@]12CCCO2. The fourth-order valence-corrected chi connectivity index (χ4v) is 2.70. The zero-order chi connectivity index (χ0) is 12.5. The number of hydrogen-bond acceptors (Lipinski definition) is 3. The van der Waals surface area contributed by atoms with Crippen molar-refractivity contribution in [1.82, 2.24) is 4.90 Å². The number of ether oxygens (including phenoxy) is 2. The molecule has 1 heterocycles. The second-order valence-electron chi connectivity index (χ2n) is 4.98. The smallest absolute Gasteiger partial charge is 0.191 e. The summed E-state index contributed by atoms with van der Waals surface area (Å²) in [6.45, 7) is 3.57. The fraction of sp³-hybridized carbons (Fsp3) is 0.917. The van der Waals surface area contributed by atoms with Gasteiger partial charge in [0.25, 0.3) is 0 Å². The van der Waals surface area contributed by atoms with Crippen molar-refractivity contribution < 1.29 is 9.47 Å². The van der Waals surface area contributed by atoms with Crippen LogP contribution in [0.3, 0.4) is 0 Å². The van der Waals surface area contributed by atoms with Gasteiger partial charge in [0.1, 0.15) is 5.60 Å². The maximum Gasteiger partial charge on any atom is 0.191 e. The molecule has 2 N–H and O–H groups in total. The predicted octanol–water partition coefficient (Wildman–Crippen LogP) is 0.589. The molecule has 17 heavy (non-hydrogen) atoms. The first-order chi connectivity index (χ1) is 8.10. The van der Waals surface area contributed by atoms with E-state index in [0.29, 0.717) is 5.96 Å². The molecule has 2 fully saturated rings. The summed E-state index contributed by atoms with van der Waals surface area (Å²) in [5, 5.41) is 0. The highest BCUT2D eigenvalue weighted by Crippen LogP contribution is 2.47. The minimum absolute atomic E-state index is 0.156. The molecule has 0 radical (unpaired) electrons. The number of hydrogen-bond donors (Lipinski definition) is 1. The maximum atomic E-state index is 5.93. The first-order valence-electron chi connectivity index (χ1n) is 6.36.